The first kappa shape index (κ1) is 14.3. The Balaban J connectivity index is 1.73. The summed E-state index contributed by atoms with van der Waals surface area (Å²) in [5.74, 6) is 0. The first-order valence-electron chi connectivity index (χ1n) is 7.46. The number of hydrogen-bond acceptors (Lipinski definition) is 4. The summed E-state index contributed by atoms with van der Waals surface area (Å²) in [4.78, 5) is 5.25. The maximum Gasteiger partial charge on any atom is 0.0594 e. The van der Waals surface area contributed by atoms with E-state index in [1.807, 2.05) is 0 Å². The van der Waals surface area contributed by atoms with Gasteiger partial charge < -0.3 is 10.1 Å². The first-order chi connectivity index (χ1) is 8.66. The van der Waals surface area contributed by atoms with E-state index in [0.29, 0.717) is 12.1 Å². The van der Waals surface area contributed by atoms with Crippen LogP contribution in [-0.2, 0) is 4.74 Å². The fourth-order valence-corrected chi connectivity index (χ4v) is 2.94. The van der Waals surface area contributed by atoms with Gasteiger partial charge in [0.05, 0.1) is 13.2 Å². The maximum absolute atomic E-state index is 5.43. The molecule has 106 valence electrons. The summed E-state index contributed by atoms with van der Waals surface area (Å²) in [7, 11) is 0. The molecule has 0 saturated carbocycles. The molecule has 2 atom stereocenters. The Morgan fingerprint density at radius 1 is 1.17 bits per heavy atom. The summed E-state index contributed by atoms with van der Waals surface area (Å²) < 4.78 is 5.43. The second-order valence-corrected chi connectivity index (χ2v) is 6.00. The van der Waals surface area contributed by atoms with E-state index in [1.165, 1.54) is 19.5 Å². The van der Waals surface area contributed by atoms with Crippen molar-refractivity contribution in [2.45, 2.75) is 45.3 Å². The average Bonchev–Trinajstić information content (AvgIpc) is 2.86. The third-order valence-corrected chi connectivity index (χ3v) is 4.20. The lowest BCUT2D eigenvalue weighted by atomic mass is 10.2. The standard InChI is InChI=1S/C14H29N3O/c1-12(2)15-10-13(3)17-5-4-14(11-17)16-6-8-18-9-7-16/h12-15H,4-11H2,1-3H3. The molecular weight excluding hydrogens is 226 g/mol. The topological polar surface area (TPSA) is 27.7 Å². The van der Waals surface area contributed by atoms with E-state index in [9.17, 15) is 0 Å². The molecule has 4 nitrogen and oxygen atoms in total. The Morgan fingerprint density at radius 2 is 1.89 bits per heavy atom. The van der Waals surface area contributed by atoms with Gasteiger partial charge in [0.25, 0.3) is 0 Å². The van der Waals surface area contributed by atoms with Crippen LogP contribution in [0.1, 0.15) is 27.2 Å². The molecule has 0 aliphatic carbocycles. The lowest BCUT2D eigenvalue weighted by Gasteiger charge is -2.33. The average molecular weight is 255 g/mol. The van der Waals surface area contributed by atoms with Crippen LogP contribution in [0.4, 0.5) is 0 Å². The number of likely N-dealkylation sites (tertiary alicyclic amines) is 1. The van der Waals surface area contributed by atoms with E-state index < -0.39 is 0 Å². The maximum atomic E-state index is 5.43. The molecule has 0 spiro atoms. The molecular formula is C14H29N3O. The lowest BCUT2D eigenvalue weighted by Crippen LogP contribution is -2.46. The van der Waals surface area contributed by atoms with Crippen LogP contribution in [0.25, 0.3) is 0 Å². The van der Waals surface area contributed by atoms with Crippen molar-refractivity contribution in [3.05, 3.63) is 0 Å². The molecule has 0 aromatic rings. The molecule has 4 heteroatoms. The van der Waals surface area contributed by atoms with Gasteiger partial charge in [0.15, 0.2) is 0 Å². The number of hydrogen-bond donors (Lipinski definition) is 1. The molecule has 2 rings (SSSR count). The third kappa shape index (κ3) is 3.92. The van der Waals surface area contributed by atoms with E-state index in [4.69, 9.17) is 4.74 Å². The van der Waals surface area contributed by atoms with Crippen LogP contribution in [0.3, 0.4) is 0 Å². The summed E-state index contributed by atoms with van der Waals surface area (Å²) in [6, 6.07) is 2.00. The summed E-state index contributed by atoms with van der Waals surface area (Å²) in [6.45, 7) is 14.4. The Labute approximate surface area is 112 Å². The van der Waals surface area contributed by atoms with Crippen molar-refractivity contribution in [1.82, 2.24) is 15.1 Å². The van der Waals surface area contributed by atoms with E-state index in [1.54, 1.807) is 0 Å². The van der Waals surface area contributed by atoms with E-state index in [-0.39, 0.29) is 0 Å². The summed E-state index contributed by atoms with van der Waals surface area (Å²) in [5, 5.41) is 3.54. The molecule has 0 radical (unpaired) electrons. The molecule has 2 fully saturated rings. The zero-order chi connectivity index (χ0) is 13.0. The quantitative estimate of drug-likeness (QED) is 0.786. The summed E-state index contributed by atoms with van der Waals surface area (Å²) >= 11 is 0. The predicted octanol–water partition coefficient (Wildman–Crippen LogP) is 0.779. The monoisotopic (exact) mass is 255 g/mol. The van der Waals surface area contributed by atoms with Gasteiger partial charge in [0, 0.05) is 50.8 Å². The van der Waals surface area contributed by atoms with Gasteiger partial charge in [-0.25, -0.2) is 0 Å². The van der Waals surface area contributed by atoms with Gasteiger partial charge >= 0.3 is 0 Å². The van der Waals surface area contributed by atoms with Crippen molar-refractivity contribution in [3.63, 3.8) is 0 Å². The van der Waals surface area contributed by atoms with Crippen molar-refractivity contribution >= 4 is 0 Å². The highest BCUT2D eigenvalue weighted by Crippen LogP contribution is 2.18. The molecule has 2 aliphatic heterocycles. The zero-order valence-corrected chi connectivity index (χ0v) is 12.2. The minimum absolute atomic E-state index is 0.588. The number of rotatable bonds is 5. The van der Waals surface area contributed by atoms with Gasteiger partial charge in [-0.15, -0.1) is 0 Å². The molecule has 2 saturated heterocycles. The van der Waals surface area contributed by atoms with Crippen LogP contribution in [0.15, 0.2) is 0 Å². The fraction of sp³-hybridized carbons (Fsp3) is 1.00. The van der Waals surface area contributed by atoms with E-state index >= 15 is 0 Å². The van der Waals surface area contributed by atoms with Crippen LogP contribution in [-0.4, -0.2) is 73.9 Å². The van der Waals surface area contributed by atoms with E-state index in [2.05, 4.69) is 35.9 Å². The third-order valence-electron chi connectivity index (χ3n) is 4.20. The smallest absolute Gasteiger partial charge is 0.0594 e. The zero-order valence-electron chi connectivity index (χ0n) is 12.2. The van der Waals surface area contributed by atoms with Gasteiger partial charge in [-0.05, 0) is 13.3 Å². The van der Waals surface area contributed by atoms with Gasteiger partial charge in [-0.2, -0.15) is 0 Å². The molecule has 2 aliphatic rings. The summed E-state index contributed by atoms with van der Waals surface area (Å²) in [5.41, 5.74) is 0. The van der Waals surface area contributed by atoms with Gasteiger partial charge in [-0.3, -0.25) is 9.80 Å². The highest BCUT2D eigenvalue weighted by atomic mass is 16.5. The van der Waals surface area contributed by atoms with Crippen molar-refractivity contribution in [2.75, 3.05) is 45.9 Å². The second-order valence-electron chi connectivity index (χ2n) is 6.00. The van der Waals surface area contributed by atoms with Crippen molar-refractivity contribution < 1.29 is 4.74 Å². The van der Waals surface area contributed by atoms with Crippen molar-refractivity contribution in [3.8, 4) is 0 Å². The molecule has 0 amide bonds. The molecule has 18 heavy (non-hydrogen) atoms. The van der Waals surface area contributed by atoms with Crippen molar-refractivity contribution in [1.29, 1.82) is 0 Å². The number of nitrogens with zero attached hydrogens (tertiary/aromatic N) is 2. The lowest BCUT2D eigenvalue weighted by molar-refractivity contribution is 0.0178. The molecule has 2 unspecified atom stereocenters. The minimum atomic E-state index is 0.588. The number of nitrogens with one attached hydrogen (secondary N) is 1. The van der Waals surface area contributed by atoms with Crippen LogP contribution in [0.5, 0.6) is 0 Å². The minimum Gasteiger partial charge on any atom is -0.379 e. The fourth-order valence-electron chi connectivity index (χ4n) is 2.94. The second kappa shape index (κ2) is 6.85. The van der Waals surface area contributed by atoms with Crippen LogP contribution >= 0.6 is 0 Å². The Kier molecular flexibility index (Phi) is 5.42. The highest BCUT2D eigenvalue weighted by Gasteiger charge is 2.30. The summed E-state index contributed by atoms with van der Waals surface area (Å²) in [6.07, 6.45) is 1.33. The first-order valence-corrected chi connectivity index (χ1v) is 7.46. The molecule has 0 aromatic heterocycles. The Bertz CT molecular complexity index is 241. The SMILES string of the molecule is CC(C)NCC(C)N1CCC(N2CCOCC2)C1. The number of morpholine rings is 1. The van der Waals surface area contributed by atoms with Gasteiger partial charge in [0.1, 0.15) is 0 Å². The van der Waals surface area contributed by atoms with Gasteiger partial charge in [0.2, 0.25) is 0 Å². The largest absolute Gasteiger partial charge is 0.379 e. The molecule has 1 N–H and O–H groups in total. The van der Waals surface area contributed by atoms with Crippen LogP contribution < -0.4 is 5.32 Å². The number of ether oxygens (including phenoxy) is 1. The molecule has 2 heterocycles. The Hall–Kier alpha value is -0.160. The predicted molar refractivity (Wildman–Crippen MR) is 75.0 cm³/mol. The van der Waals surface area contributed by atoms with Crippen LogP contribution in [0.2, 0.25) is 0 Å². The molecule has 0 aromatic carbocycles. The normalized spacial score (nSPS) is 29.0. The van der Waals surface area contributed by atoms with Crippen molar-refractivity contribution in [2.24, 2.45) is 0 Å². The molecule has 0 bridgehead atoms. The van der Waals surface area contributed by atoms with Crippen LogP contribution in [0, 0.1) is 0 Å². The van der Waals surface area contributed by atoms with Gasteiger partial charge in [-0.1, -0.05) is 13.8 Å². The highest BCUT2D eigenvalue weighted by molar-refractivity contribution is 4.87. The Morgan fingerprint density at radius 3 is 2.56 bits per heavy atom. The van der Waals surface area contributed by atoms with E-state index in [0.717, 1.165) is 38.9 Å².